The summed E-state index contributed by atoms with van der Waals surface area (Å²) in [6, 6.07) is 8.27. The third-order valence-electron chi connectivity index (χ3n) is 3.98. The van der Waals surface area contributed by atoms with E-state index in [-0.39, 0.29) is 11.8 Å². The number of halogens is 1. The lowest BCUT2D eigenvalue weighted by Crippen LogP contribution is -2.31. The van der Waals surface area contributed by atoms with Gasteiger partial charge in [-0.05, 0) is 47.3 Å². The molecule has 1 aromatic carbocycles. The van der Waals surface area contributed by atoms with Crippen LogP contribution in [0.1, 0.15) is 28.6 Å². The van der Waals surface area contributed by atoms with Crippen molar-refractivity contribution in [3.8, 4) is 0 Å². The second-order valence-corrected chi connectivity index (χ2v) is 6.09. The Morgan fingerprint density at radius 3 is 2.95 bits per heavy atom. The van der Waals surface area contributed by atoms with Crippen molar-refractivity contribution < 1.29 is 4.74 Å². The van der Waals surface area contributed by atoms with Crippen LogP contribution in [-0.2, 0) is 17.7 Å². The molecule has 0 aliphatic carbocycles. The number of nitrogens with zero attached hydrogens (tertiary/aromatic N) is 2. The van der Waals surface area contributed by atoms with Gasteiger partial charge in [0, 0.05) is 5.69 Å². The molecule has 0 amide bonds. The smallest absolute Gasteiger partial charge is 0.348 e. The van der Waals surface area contributed by atoms with Crippen LogP contribution in [0.2, 0.25) is 0 Å². The molecule has 0 radical (unpaired) electrons. The molecule has 0 N–H and O–H groups in total. The van der Waals surface area contributed by atoms with Crippen molar-refractivity contribution in [2.45, 2.75) is 32.9 Å². The van der Waals surface area contributed by atoms with E-state index < -0.39 is 0 Å². The summed E-state index contributed by atoms with van der Waals surface area (Å²) in [4.78, 5) is 16.2. The highest BCUT2D eigenvalue weighted by Gasteiger charge is 2.22. The van der Waals surface area contributed by atoms with Gasteiger partial charge in [-0.2, -0.15) is 4.98 Å². The Labute approximate surface area is 131 Å². The molecule has 0 saturated heterocycles. The second-order valence-electron chi connectivity index (χ2n) is 5.30. The van der Waals surface area contributed by atoms with Gasteiger partial charge in [0.15, 0.2) is 0 Å². The topological polar surface area (TPSA) is 44.1 Å². The summed E-state index contributed by atoms with van der Waals surface area (Å²) < 4.78 is 8.45. The number of rotatable bonds is 2. The number of aromatic nitrogens is 2. The molecular formula is C16H17BrN2O2. The van der Waals surface area contributed by atoms with Crippen molar-refractivity contribution in [3.05, 3.63) is 61.7 Å². The largest absolute Gasteiger partial charge is 0.371 e. The maximum Gasteiger partial charge on any atom is 0.348 e. The zero-order chi connectivity index (χ0) is 15.0. The molecule has 0 spiro atoms. The quantitative estimate of drug-likeness (QED) is 0.837. The number of aryl methyl sites for hydroxylation is 1. The number of hydrogen-bond acceptors (Lipinski definition) is 3. The van der Waals surface area contributed by atoms with Gasteiger partial charge < -0.3 is 4.74 Å². The first-order valence-electron chi connectivity index (χ1n) is 7.01. The molecule has 2 aromatic rings. The minimum Gasteiger partial charge on any atom is -0.371 e. The molecule has 110 valence electrons. The third kappa shape index (κ3) is 2.68. The van der Waals surface area contributed by atoms with E-state index in [0.29, 0.717) is 13.2 Å². The summed E-state index contributed by atoms with van der Waals surface area (Å²) in [6.07, 6.45) is 0.832. The highest BCUT2D eigenvalue weighted by molar-refractivity contribution is 9.10. The Morgan fingerprint density at radius 2 is 2.14 bits per heavy atom. The zero-order valence-electron chi connectivity index (χ0n) is 12.1. The van der Waals surface area contributed by atoms with E-state index in [1.165, 1.54) is 11.1 Å². The van der Waals surface area contributed by atoms with Crippen molar-refractivity contribution in [1.82, 2.24) is 9.55 Å². The predicted octanol–water partition coefficient (Wildman–Crippen LogP) is 2.94. The van der Waals surface area contributed by atoms with Gasteiger partial charge in [-0.3, -0.25) is 4.57 Å². The van der Waals surface area contributed by atoms with E-state index in [9.17, 15) is 4.79 Å². The number of benzene rings is 1. The van der Waals surface area contributed by atoms with E-state index in [0.717, 1.165) is 22.3 Å². The average Bonchev–Trinajstić information content (AvgIpc) is 2.49. The normalized spacial score (nSPS) is 17.6. The lowest BCUT2D eigenvalue weighted by Gasteiger charge is -2.27. The van der Waals surface area contributed by atoms with E-state index >= 15 is 0 Å². The Bertz CT molecular complexity index is 740. The van der Waals surface area contributed by atoms with E-state index in [1.807, 2.05) is 26.0 Å². The Balaban J connectivity index is 1.99. The fourth-order valence-corrected chi connectivity index (χ4v) is 3.09. The standard InChI is InChI=1S/C16H17BrN2O2/c1-10-15(17)11(2)19(16(20)18-10)9-14-13-6-4-3-5-12(13)7-8-21-14/h3-6,14H,7-9H2,1-2H3. The van der Waals surface area contributed by atoms with Crippen LogP contribution < -0.4 is 5.69 Å². The van der Waals surface area contributed by atoms with Crippen LogP contribution in [0.15, 0.2) is 33.5 Å². The molecule has 1 aromatic heterocycles. The monoisotopic (exact) mass is 348 g/mol. The molecule has 3 rings (SSSR count). The molecule has 21 heavy (non-hydrogen) atoms. The lowest BCUT2D eigenvalue weighted by molar-refractivity contribution is 0.0292. The Kier molecular flexibility index (Phi) is 3.95. The molecule has 5 heteroatoms. The summed E-state index contributed by atoms with van der Waals surface area (Å²) in [6.45, 7) is 4.94. The predicted molar refractivity (Wildman–Crippen MR) is 84.5 cm³/mol. The molecule has 1 atom stereocenters. The van der Waals surface area contributed by atoms with Crippen LogP contribution in [0.5, 0.6) is 0 Å². The van der Waals surface area contributed by atoms with Gasteiger partial charge in [-0.25, -0.2) is 4.79 Å². The van der Waals surface area contributed by atoms with Crippen molar-refractivity contribution in [3.63, 3.8) is 0 Å². The molecule has 1 aliphatic heterocycles. The first-order valence-corrected chi connectivity index (χ1v) is 7.80. The summed E-state index contributed by atoms with van der Waals surface area (Å²) in [7, 11) is 0. The SMILES string of the molecule is Cc1nc(=O)n(CC2OCCc3ccccc32)c(C)c1Br. The maximum atomic E-state index is 12.2. The van der Waals surface area contributed by atoms with Crippen LogP contribution in [0.25, 0.3) is 0 Å². The van der Waals surface area contributed by atoms with E-state index in [2.05, 4.69) is 33.0 Å². The number of fused-ring (bicyclic) bond motifs is 1. The van der Waals surface area contributed by atoms with Gasteiger partial charge in [0.25, 0.3) is 0 Å². The highest BCUT2D eigenvalue weighted by Crippen LogP contribution is 2.28. The van der Waals surface area contributed by atoms with Gasteiger partial charge in [-0.15, -0.1) is 0 Å². The molecule has 0 bridgehead atoms. The van der Waals surface area contributed by atoms with Crippen molar-refractivity contribution in [1.29, 1.82) is 0 Å². The third-order valence-corrected chi connectivity index (χ3v) is 5.12. The van der Waals surface area contributed by atoms with Crippen LogP contribution in [-0.4, -0.2) is 16.2 Å². The van der Waals surface area contributed by atoms with Crippen molar-refractivity contribution >= 4 is 15.9 Å². The van der Waals surface area contributed by atoms with Crippen LogP contribution in [0, 0.1) is 13.8 Å². The summed E-state index contributed by atoms with van der Waals surface area (Å²) in [5.41, 5.74) is 3.86. The molecule has 1 aliphatic rings. The minimum atomic E-state index is -0.222. The highest BCUT2D eigenvalue weighted by atomic mass is 79.9. The number of hydrogen-bond donors (Lipinski definition) is 0. The van der Waals surface area contributed by atoms with Crippen molar-refractivity contribution in [2.24, 2.45) is 0 Å². The second kappa shape index (κ2) is 5.73. The first-order chi connectivity index (χ1) is 10.1. The van der Waals surface area contributed by atoms with Crippen LogP contribution in [0.4, 0.5) is 0 Å². The van der Waals surface area contributed by atoms with Crippen LogP contribution in [0.3, 0.4) is 0 Å². The average molecular weight is 349 g/mol. The summed E-state index contributed by atoms with van der Waals surface area (Å²) in [5, 5.41) is 0. The molecule has 0 fully saturated rings. The van der Waals surface area contributed by atoms with Gasteiger partial charge in [0.05, 0.1) is 23.3 Å². The Hall–Kier alpha value is -1.46. The summed E-state index contributed by atoms with van der Waals surface area (Å²) in [5.74, 6) is 0. The minimum absolute atomic E-state index is 0.0947. The number of ether oxygens (including phenoxy) is 1. The molecule has 1 unspecified atom stereocenters. The fourth-order valence-electron chi connectivity index (χ4n) is 2.79. The van der Waals surface area contributed by atoms with E-state index in [4.69, 9.17) is 4.74 Å². The maximum absolute atomic E-state index is 12.2. The Morgan fingerprint density at radius 1 is 1.38 bits per heavy atom. The van der Waals surface area contributed by atoms with E-state index in [1.54, 1.807) is 4.57 Å². The van der Waals surface area contributed by atoms with Gasteiger partial charge in [0.2, 0.25) is 0 Å². The van der Waals surface area contributed by atoms with Crippen molar-refractivity contribution in [2.75, 3.05) is 6.61 Å². The first kappa shape index (κ1) is 14.5. The van der Waals surface area contributed by atoms with Gasteiger partial charge >= 0.3 is 5.69 Å². The molecule has 2 heterocycles. The molecule has 4 nitrogen and oxygen atoms in total. The fraction of sp³-hybridized carbons (Fsp3) is 0.375. The van der Waals surface area contributed by atoms with Gasteiger partial charge in [-0.1, -0.05) is 24.3 Å². The summed E-state index contributed by atoms with van der Waals surface area (Å²) >= 11 is 3.50. The van der Waals surface area contributed by atoms with Crippen LogP contribution >= 0.6 is 15.9 Å². The zero-order valence-corrected chi connectivity index (χ0v) is 13.7. The molecular weight excluding hydrogens is 332 g/mol. The lowest BCUT2D eigenvalue weighted by atomic mass is 9.97. The van der Waals surface area contributed by atoms with Gasteiger partial charge in [0.1, 0.15) is 6.10 Å². The molecule has 0 saturated carbocycles.